The number of anilines is 1. The van der Waals surface area contributed by atoms with Gasteiger partial charge in [0.25, 0.3) is 0 Å². The third-order valence-electron chi connectivity index (χ3n) is 2.37. The second-order valence-electron chi connectivity index (χ2n) is 4.40. The quantitative estimate of drug-likeness (QED) is 0.483. The minimum absolute atomic E-state index is 0.187. The molecule has 0 saturated heterocycles. The highest BCUT2D eigenvalue weighted by Crippen LogP contribution is 2.22. The number of alkyl halides is 1. The van der Waals surface area contributed by atoms with E-state index in [1.807, 2.05) is 12.3 Å². The van der Waals surface area contributed by atoms with Gasteiger partial charge in [-0.25, -0.2) is 9.97 Å². The molecule has 0 bridgehead atoms. The lowest BCUT2D eigenvalue weighted by Gasteiger charge is -2.24. The van der Waals surface area contributed by atoms with Crippen LogP contribution in [-0.4, -0.2) is 28.6 Å². The Labute approximate surface area is 106 Å². The summed E-state index contributed by atoms with van der Waals surface area (Å²) in [5.41, 5.74) is 0.187. The van der Waals surface area contributed by atoms with Crippen LogP contribution < -0.4 is 5.32 Å². The van der Waals surface area contributed by atoms with Crippen LogP contribution in [-0.2, 0) is 0 Å². The second-order valence-corrected chi connectivity index (χ2v) is 5.61. The summed E-state index contributed by atoms with van der Waals surface area (Å²) in [6.07, 6.45) is 4.58. The third kappa shape index (κ3) is 4.58. The molecule has 0 fully saturated rings. The molecular weight excluding hydrogens is 242 g/mol. The fraction of sp³-hybridized carbons (Fsp3) is 0.636. The summed E-state index contributed by atoms with van der Waals surface area (Å²) in [6.45, 7) is 5.25. The second kappa shape index (κ2) is 6.30. The number of aromatic nitrogens is 2. The Morgan fingerprint density at radius 1 is 1.44 bits per heavy atom. The predicted octanol–water partition coefficient (Wildman–Crippen LogP) is 3.27. The molecule has 0 saturated carbocycles. The number of nitrogens with zero attached hydrogens (tertiary/aromatic N) is 2. The van der Waals surface area contributed by atoms with E-state index in [2.05, 4.69) is 29.1 Å². The van der Waals surface area contributed by atoms with E-state index < -0.39 is 0 Å². The van der Waals surface area contributed by atoms with Gasteiger partial charge in [0, 0.05) is 18.5 Å². The lowest BCUT2D eigenvalue weighted by molar-refractivity contribution is 0.379. The molecule has 0 unspecified atom stereocenters. The molecule has 0 aliphatic carbocycles. The Kier molecular flexibility index (Phi) is 5.35. The summed E-state index contributed by atoms with van der Waals surface area (Å²) in [6, 6.07) is 1.96. The topological polar surface area (TPSA) is 37.8 Å². The van der Waals surface area contributed by atoms with Gasteiger partial charge < -0.3 is 5.32 Å². The van der Waals surface area contributed by atoms with Crippen molar-refractivity contribution in [2.75, 3.05) is 24.0 Å². The van der Waals surface area contributed by atoms with Gasteiger partial charge in [-0.3, -0.25) is 0 Å². The van der Waals surface area contributed by atoms with Crippen LogP contribution in [0.25, 0.3) is 0 Å². The first kappa shape index (κ1) is 13.6. The molecule has 0 aliphatic rings. The van der Waals surface area contributed by atoms with Gasteiger partial charge in [0.15, 0.2) is 0 Å². The summed E-state index contributed by atoms with van der Waals surface area (Å²) in [4.78, 5) is 8.31. The van der Waals surface area contributed by atoms with Crippen molar-refractivity contribution in [1.82, 2.24) is 9.97 Å². The van der Waals surface area contributed by atoms with Gasteiger partial charge in [0.2, 0.25) is 0 Å². The highest BCUT2D eigenvalue weighted by Gasteiger charge is 2.16. The highest BCUT2D eigenvalue weighted by atomic mass is 35.5. The molecule has 1 rings (SSSR count). The van der Waals surface area contributed by atoms with Crippen molar-refractivity contribution in [3.8, 4) is 0 Å². The van der Waals surface area contributed by atoms with Crippen molar-refractivity contribution in [1.29, 1.82) is 0 Å². The third-order valence-corrected chi connectivity index (χ3v) is 3.20. The first-order chi connectivity index (χ1) is 7.57. The van der Waals surface area contributed by atoms with Crippen molar-refractivity contribution < 1.29 is 0 Å². The molecule has 1 heterocycles. The monoisotopic (exact) mass is 259 g/mol. The van der Waals surface area contributed by atoms with E-state index in [-0.39, 0.29) is 5.41 Å². The zero-order valence-corrected chi connectivity index (χ0v) is 11.5. The maximum atomic E-state index is 5.76. The molecule has 0 spiro atoms. The van der Waals surface area contributed by atoms with Crippen LogP contribution in [0.3, 0.4) is 0 Å². The van der Waals surface area contributed by atoms with Crippen LogP contribution in [0.4, 0.5) is 5.82 Å². The minimum atomic E-state index is 0.187. The average molecular weight is 260 g/mol. The van der Waals surface area contributed by atoms with Gasteiger partial charge in [-0.1, -0.05) is 13.8 Å². The van der Waals surface area contributed by atoms with E-state index in [4.69, 9.17) is 11.6 Å². The number of rotatable bonds is 6. The maximum Gasteiger partial charge on any atom is 0.130 e. The van der Waals surface area contributed by atoms with Gasteiger partial charge in [0.05, 0.1) is 0 Å². The van der Waals surface area contributed by atoms with E-state index >= 15 is 0 Å². The van der Waals surface area contributed by atoms with E-state index in [1.165, 1.54) is 0 Å². The van der Waals surface area contributed by atoms with Crippen LogP contribution >= 0.6 is 23.4 Å². The molecule has 1 aromatic rings. The number of hydrogen-bond donors (Lipinski definition) is 1. The number of nitrogens with one attached hydrogen (secondary N) is 1. The number of hydrogen-bond acceptors (Lipinski definition) is 4. The Morgan fingerprint density at radius 3 is 2.81 bits per heavy atom. The normalized spacial score (nSPS) is 11.5. The van der Waals surface area contributed by atoms with E-state index in [0.717, 1.165) is 23.8 Å². The number of halogens is 1. The van der Waals surface area contributed by atoms with Gasteiger partial charge in [0.1, 0.15) is 17.2 Å². The van der Waals surface area contributed by atoms with E-state index in [1.54, 1.807) is 18.1 Å². The average Bonchev–Trinajstić information content (AvgIpc) is 2.27. The molecule has 16 heavy (non-hydrogen) atoms. The summed E-state index contributed by atoms with van der Waals surface area (Å²) in [5.74, 6) is 1.57. The molecule has 0 radical (unpaired) electrons. The fourth-order valence-corrected chi connectivity index (χ4v) is 2.12. The Bertz CT molecular complexity index is 331. The van der Waals surface area contributed by atoms with E-state index in [9.17, 15) is 0 Å². The molecule has 3 nitrogen and oxygen atoms in total. The first-order valence-corrected chi connectivity index (χ1v) is 6.99. The van der Waals surface area contributed by atoms with Crippen molar-refractivity contribution in [3.63, 3.8) is 0 Å². The van der Waals surface area contributed by atoms with Gasteiger partial charge >= 0.3 is 0 Å². The van der Waals surface area contributed by atoms with Crippen LogP contribution in [0.5, 0.6) is 0 Å². The van der Waals surface area contributed by atoms with Crippen LogP contribution in [0.2, 0.25) is 0 Å². The largest absolute Gasteiger partial charge is 0.369 e. The summed E-state index contributed by atoms with van der Waals surface area (Å²) >= 11 is 7.37. The lowest BCUT2D eigenvalue weighted by atomic mass is 9.90. The van der Waals surface area contributed by atoms with Gasteiger partial charge in [-0.05, 0) is 18.1 Å². The lowest BCUT2D eigenvalue weighted by Crippen LogP contribution is -2.24. The molecular formula is C11H18ClN3S. The molecule has 90 valence electrons. The standard InChI is InChI=1S/C11H18ClN3S/c1-11(2,4-5-12)7-13-9-6-10(16-3)15-8-14-9/h6,8H,4-5,7H2,1-3H3,(H,13,14,15). The summed E-state index contributed by atoms with van der Waals surface area (Å²) < 4.78 is 0. The molecule has 0 aromatic carbocycles. The molecule has 1 aromatic heterocycles. The predicted molar refractivity (Wildman–Crippen MR) is 71.4 cm³/mol. The molecule has 0 amide bonds. The smallest absolute Gasteiger partial charge is 0.130 e. The Hall–Kier alpha value is -0.480. The zero-order valence-electron chi connectivity index (χ0n) is 9.96. The summed E-state index contributed by atoms with van der Waals surface area (Å²) in [7, 11) is 0. The van der Waals surface area contributed by atoms with Gasteiger partial charge in [-0.2, -0.15) is 0 Å². The van der Waals surface area contributed by atoms with Crippen LogP contribution in [0, 0.1) is 5.41 Å². The van der Waals surface area contributed by atoms with Crippen LogP contribution in [0.1, 0.15) is 20.3 Å². The Balaban J connectivity index is 2.53. The maximum absolute atomic E-state index is 5.76. The van der Waals surface area contributed by atoms with Crippen molar-refractivity contribution >= 4 is 29.2 Å². The van der Waals surface area contributed by atoms with Gasteiger partial charge in [-0.15, -0.1) is 23.4 Å². The SMILES string of the molecule is CSc1cc(NCC(C)(C)CCCl)ncn1. The first-order valence-electron chi connectivity index (χ1n) is 5.23. The van der Waals surface area contributed by atoms with Crippen molar-refractivity contribution in [2.45, 2.75) is 25.3 Å². The molecule has 0 atom stereocenters. The highest BCUT2D eigenvalue weighted by molar-refractivity contribution is 7.98. The fourth-order valence-electron chi connectivity index (χ4n) is 1.22. The Morgan fingerprint density at radius 2 is 2.19 bits per heavy atom. The minimum Gasteiger partial charge on any atom is -0.369 e. The molecule has 0 aliphatic heterocycles. The summed E-state index contributed by atoms with van der Waals surface area (Å²) in [5, 5.41) is 4.30. The number of thioether (sulfide) groups is 1. The van der Waals surface area contributed by atoms with Crippen molar-refractivity contribution in [3.05, 3.63) is 12.4 Å². The zero-order chi connectivity index (χ0) is 12.0. The molecule has 5 heteroatoms. The molecule has 1 N–H and O–H groups in total. The van der Waals surface area contributed by atoms with Crippen molar-refractivity contribution in [2.24, 2.45) is 5.41 Å². The van der Waals surface area contributed by atoms with E-state index in [0.29, 0.717) is 5.88 Å². The van der Waals surface area contributed by atoms with Crippen LogP contribution in [0.15, 0.2) is 17.4 Å².